The lowest BCUT2D eigenvalue weighted by atomic mass is 10.1. The molecule has 0 aliphatic carbocycles. The van der Waals surface area contributed by atoms with E-state index in [1.54, 1.807) is 24.3 Å². The molecular weight excluding hydrogens is 416 g/mol. The Hall–Kier alpha value is -3.46. The number of aromatic nitrogens is 3. The van der Waals surface area contributed by atoms with Gasteiger partial charge in [0.2, 0.25) is 0 Å². The Morgan fingerprint density at radius 1 is 1.16 bits per heavy atom. The smallest absolute Gasteiger partial charge is 0.278 e. The average Bonchev–Trinajstić information content (AvgIpc) is 3.14. The Labute approximate surface area is 181 Å². The minimum atomic E-state index is -0.412. The van der Waals surface area contributed by atoms with Crippen molar-refractivity contribution in [2.75, 3.05) is 18.5 Å². The van der Waals surface area contributed by atoms with Gasteiger partial charge >= 0.3 is 0 Å². The molecule has 0 radical (unpaired) electrons. The van der Waals surface area contributed by atoms with Gasteiger partial charge in [-0.1, -0.05) is 43.4 Å². The van der Waals surface area contributed by atoms with E-state index >= 15 is 0 Å². The Morgan fingerprint density at radius 3 is 2.61 bits per heavy atom. The van der Waals surface area contributed by atoms with E-state index in [1.807, 2.05) is 26.0 Å². The summed E-state index contributed by atoms with van der Waals surface area (Å²) in [6.45, 7) is 5.42. The number of thiazole rings is 1. The predicted molar refractivity (Wildman–Crippen MR) is 119 cm³/mol. The molecule has 3 heterocycles. The third kappa shape index (κ3) is 3.61. The summed E-state index contributed by atoms with van der Waals surface area (Å²) in [6, 6.07) is 10.7. The third-order valence-corrected chi connectivity index (χ3v) is 5.83. The number of anilines is 1. The SMILES string of the molecule is CC(C)Cn1nc(C(=O)Nc2nc3cc4c(cc3s2)OCCO4)c2ccccc2c1=O. The highest BCUT2D eigenvalue weighted by molar-refractivity contribution is 7.22. The van der Waals surface area contributed by atoms with Crippen molar-refractivity contribution in [3.8, 4) is 11.5 Å². The van der Waals surface area contributed by atoms with Crippen molar-refractivity contribution in [2.45, 2.75) is 20.4 Å². The number of nitrogens with zero attached hydrogens (tertiary/aromatic N) is 3. The summed E-state index contributed by atoms with van der Waals surface area (Å²) < 4.78 is 13.5. The van der Waals surface area contributed by atoms with Crippen LogP contribution in [-0.2, 0) is 6.54 Å². The number of nitrogens with one attached hydrogen (secondary N) is 1. The number of fused-ring (bicyclic) bond motifs is 3. The topological polar surface area (TPSA) is 95.3 Å². The Bertz CT molecular complexity index is 1330. The van der Waals surface area contributed by atoms with Crippen molar-refractivity contribution < 1.29 is 14.3 Å². The summed E-state index contributed by atoms with van der Waals surface area (Å²) in [7, 11) is 0. The lowest BCUT2D eigenvalue weighted by molar-refractivity contribution is 0.102. The molecule has 4 aromatic rings. The molecule has 8 nitrogen and oxygen atoms in total. The van der Waals surface area contributed by atoms with Crippen molar-refractivity contribution in [3.63, 3.8) is 0 Å². The standard InChI is InChI=1S/C22H20N4O4S/c1-12(2)11-26-21(28)14-6-4-3-5-13(14)19(25-26)20(27)24-22-23-15-9-16-17(10-18(15)31-22)30-8-7-29-16/h3-6,9-10,12H,7-8,11H2,1-2H3,(H,23,24,27). The summed E-state index contributed by atoms with van der Waals surface area (Å²) in [4.78, 5) is 30.4. The quantitative estimate of drug-likeness (QED) is 0.524. The van der Waals surface area contributed by atoms with Gasteiger partial charge in [-0.25, -0.2) is 9.67 Å². The first-order valence-corrected chi connectivity index (χ1v) is 10.8. The number of hydrogen-bond acceptors (Lipinski definition) is 7. The highest BCUT2D eigenvalue weighted by Crippen LogP contribution is 2.38. The van der Waals surface area contributed by atoms with Gasteiger partial charge in [-0.3, -0.25) is 14.9 Å². The monoisotopic (exact) mass is 436 g/mol. The molecule has 9 heteroatoms. The summed E-state index contributed by atoms with van der Waals surface area (Å²) in [5.41, 5.74) is 0.708. The normalized spacial score (nSPS) is 13.1. The molecule has 0 fully saturated rings. The molecule has 0 bridgehead atoms. The van der Waals surface area contributed by atoms with Crippen LogP contribution in [0.2, 0.25) is 0 Å². The maximum Gasteiger partial charge on any atom is 0.278 e. The minimum Gasteiger partial charge on any atom is -0.486 e. The molecule has 0 unspecified atom stereocenters. The first-order chi connectivity index (χ1) is 15.0. The number of carbonyl (C=O) groups is 1. The van der Waals surface area contributed by atoms with Gasteiger partial charge in [0.05, 0.1) is 15.6 Å². The predicted octanol–water partition coefficient (Wildman–Crippen LogP) is 3.69. The lowest BCUT2D eigenvalue weighted by Crippen LogP contribution is -2.29. The molecule has 158 valence electrons. The van der Waals surface area contributed by atoms with Gasteiger partial charge in [-0.2, -0.15) is 5.10 Å². The van der Waals surface area contributed by atoms with Gasteiger partial charge in [0.15, 0.2) is 22.3 Å². The molecule has 2 aromatic heterocycles. The molecule has 0 saturated carbocycles. The maximum absolute atomic E-state index is 13.1. The molecule has 0 saturated heterocycles. The van der Waals surface area contributed by atoms with E-state index in [1.165, 1.54) is 16.0 Å². The molecule has 1 aliphatic heterocycles. The number of ether oxygens (including phenoxy) is 2. The van der Waals surface area contributed by atoms with E-state index in [4.69, 9.17) is 9.47 Å². The Kier molecular flexibility index (Phi) is 4.82. The van der Waals surface area contributed by atoms with Gasteiger partial charge in [0.25, 0.3) is 11.5 Å². The second kappa shape index (κ2) is 7.66. The van der Waals surface area contributed by atoms with Crippen LogP contribution < -0.4 is 20.3 Å². The average molecular weight is 436 g/mol. The van der Waals surface area contributed by atoms with Gasteiger partial charge < -0.3 is 9.47 Å². The van der Waals surface area contributed by atoms with E-state index in [-0.39, 0.29) is 17.2 Å². The van der Waals surface area contributed by atoms with Crippen LogP contribution >= 0.6 is 11.3 Å². The Morgan fingerprint density at radius 2 is 1.87 bits per heavy atom. The van der Waals surface area contributed by atoms with Crippen LogP contribution in [0.5, 0.6) is 11.5 Å². The molecule has 1 aliphatic rings. The fraction of sp³-hybridized carbons (Fsp3) is 0.273. The van der Waals surface area contributed by atoms with Crippen molar-refractivity contribution in [2.24, 2.45) is 5.92 Å². The zero-order valence-electron chi connectivity index (χ0n) is 17.0. The molecular formula is C22H20N4O4S. The van der Waals surface area contributed by atoms with E-state index < -0.39 is 5.91 Å². The summed E-state index contributed by atoms with van der Waals surface area (Å²) in [6.07, 6.45) is 0. The fourth-order valence-electron chi connectivity index (χ4n) is 3.55. The molecule has 5 rings (SSSR count). The van der Waals surface area contributed by atoms with Crippen LogP contribution in [0.1, 0.15) is 24.3 Å². The van der Waals surface area contributed by atoms with Crippen molar-refractivity contribution in [1.82, 2.24) is 14.8 Å². The first kappa shape index (κ1) is 19.5. The summed E-state index contributed by atoms with van der Waals surface area (Å²) in [5.74, 6) is 1.12. The highest BCUT2D eigenvalue weighted by Gasteiger charge is 2.20. The van der Waals surface area contributed by atoms with Crippen LogP contribution in [0.15, 0.2) is 41.2 Å². The van der Waals surface area contributed by atoms with E-state index in [0.29, 0.717) is 52.7 Å². The van der Waals surface area contributed by atoms with Crippen LogP contribution in [0.4, 0.5) is 5.13 Å². The van der Waals surface area contributed by atoms with E-state index in [0.717, 1.165) is 4.70 Å². The van der Waals surface area contributed by atoms with Gasteiger partial charge in [0.1, 0.15) is 13.2 Å². The highest BCUT2D eigenvalue weighted by atomic mass is 32.1. The molecule has 0 atom stereocenters. The van der Waals surface area contributed by atoms with Gasteiger partial charge in [-0.15, -0.1) is 0 Å². The van der Waals surface area contributed by atoms with Crippen molar-refractivity contribution in [3.05, 3.63) is 52.4 Å². The van der Waals surface area contributed by atoms with Crippen LogP contribution in [-0.4, -0.2) is 33.9 Å². The molecule has 2 aromatic carbocycles. The van der Waals surface area contributed by atoms with Crippen molar-refractivity contribution in [1.29, 1.82) is 0 Å². The second-order valence-corrected chi connectivity index (χ2v) is 8.74. The van der Waals surface area contributed by atoms with E-state index in [2.05, 4.69) is 15.4 Å². The van der Waals surface area contributed by atoms with E-state index in [9.17, 15) is 9.59 Å². The van der Waals surface area contributed by atoms with Gasteiger partial charge in [0, 0.05) is 24.1 Å². The summed E-state index contributed by atoms with van der Waals surface area (Å²) in [5, 5.41) is 8.65. The van der Waals surface area contributed by atoms with Crippen LogP contribution in [0.25, 0.3) is 21.0 Å². The number of amides is 1. The van der Waals surface area contributed by atoms with Crippen LogP contribution in [0, 0.1) is 5.92 Å². The summed E-state index contributed by atoms with van der Waals surface area (Å²) >= 11 is 1.34. The van der Waals surface area contributed by atoms with Crippen molar-refractivity contribution >= 4 is 43.4 Å². The first-order valence-electron chi connectivity index (χ1n) is 10.0. The minimum absolute atomic E-state index is 0.195. The zero-order chi connectivity index (χ0) is 21.5. The number of carbonyl (C=O) groups excluding carboxylic acids is 1. The number of hydrogen-bond donors (Lipinski definition) is 1. The maximum atomic E-state index is 13.1. The number of rotatable bonds is 4. The Balaban J connectivity index is 1.53. The third-order valence-electron chi connectivity index (χ3n) is 4.89. The molecule has 31 heavy (non-hydrogen) atoms. The second-order valence-electron chi connectivity index (χ2n) is 7.71. The molecule has 1 N–H and O–H groups in total. The number of benzene rings is 2. The van der Waals surface area contributed by atoms with Gasteiger partial charge in [-0.05, 0) is 12.0 Å². The largest absolute Gasteiger partial charge is 0.486 e. The zero-order valence-corrected chi connectivity index (χ0v) is 17.9. The lowest BCUT2D eigenvalue weighted by Gasteiger charge is -2.17. The molecule has 1 amide bonds. The molecule has 0 spiro atoms. The fourth-order valence-corrected chi connectivity index (χ4v) is 4.42. The van der Waals surface area contributed by atoms with Crippen LogP contribution in [0.3, 0.4) is 0 Å².